The minimum Gasteiger partial charge on any atom is -0.350 e. The molecule has 0 aliphatic heterocycles. The molecule has 1 aromatic carbocycles. The first-order valence-corrected chi connectivity index (χ1v) is 7.06. The van der Waals surface area contributed by atoms with Gasteiger partial charge in [0.2, 0.25) is 0 Å². The van der Waals surface area contributed by atoms with Crippen molar-refractivity contribution in [2.75, 3.05) is 13.1 Å². The lowest BCUT2D eigenvalue weighted by Gasteiger charge is -2.15. The van der Waals surface area contributed by atoms with E-state index in [1.54, 1.807) is 6.20 Å². The molecule has 104 valence electrons. The number of carbonyl (C=O) groups excluding carboxylic acids is 1. The summed E-state index contributed by atoms with van der Waals surface area (Å²) in [6.07, 6.45) is 4.99. The zero-order valence-electron chi connectivity index (χ0n) is 11.4. The second-order valence-electron chi connectivity index (χ2n) is 5.60. The van der Waals surface area contributed by atoms with Crippen LogP contribution in [0.5, 0.6) is 0 Å². The van der Waals surface area contributed by atoms with Crippen molar-refractivity contribution < 1.29 is 4.79 Å². The molecule has 1 saturated carbocycles. The molecule has 3 N–H and O–H groups in total. The molecule has 0 saturated heterocycles. The molecule has 4 heteroatoms. The highest BCUT2D eigenvalue weighted by Crippen LogP contribution is 2.47. The summed E-state index contributed by atoms with van der Waals surface area (Å²) in [6.45, 7) is 1.39. The van der Waals surface area contributed by atoms with Gasteiger partial charge >= 0.3 is 0 Å². The summed E-state index contributed by atoms with van der Waals surface area (Å²) in [5.41, 5.74) is 6.37. The molecule has 0 bridgehead atoms. The Balaban J connectivity index is 1.76. The summed E-state index contributed by atoms with van der Waals surface area (Å²) in [7, 11) is 0. The average Bonchev–Trinajstić information content (AvgIpc) is 3.25. The second-order valence-corrected chi connectivity index (χ2v) is 5.60. The van der Waals surface area contributed by atoms with Crippen molar-refractivity contribution in [3.05, 3.63) is 42.2 Å². The van der Waals surface area contributed by atoms with Crippen molar-refractivity contribution in [3.8, 4) is 0 Å². The molecule has 1 amide bonds. The lowest BCUT2D eigenvalue weighted by molar-refractivity contribution is 0.0941. The van der Waals surface area contributed by atoms with Gasteiger partial charge in [0.15, 0.2) is 0 Å². The number of amides is 1. The largest absolute Gasteiger partial charge is 0.350 e. The van der Waals surface area contributed by atoms with E-state index in [9.17, 15) is 4.79 Å². The number of aromatic nitrogens is 1. The standard InChI is InChI=1S/C16H19N3O/c17-9-8-16(6-7-16)11-19-15(20)14-13-4-2-1-3-12(13)5-10-18-14/h1-5,10H,6-9,11,17H2,(H,19,20). The van der Waals surface area contributed by atoms with Crippen LogP contribution in [0.4, 0.5) is 0 Å². The molecule has 3 rings (SSSR count). The van der Waals surface area contributed by atoms with E-state index in [0.717, 1.165) is 30.0 Å². The van der Waals surface area contributed by atoms with Crippen LogP contribution in [0, 0.1) is 5.41 Å². The molecule has 2 aromatic rings. The molecule has 0 atom stereocenters. The Bertz CT molecular complexity index is 629. The van der Waals surface area contributed by atoms with Crippen molar-refractivity contribution >= 4 is 16.7 Å². The van der Waals surface area contributed by atoms with Gasteiger partial charge in [0.25, 0.3) is 5.91 Å². The summed E-state index contributed by atoms with van der Waals surface area (Å²) in [6, 6.07) is 9.74. The van der Waals surface area contributed by atoms with Gasteiger partial charge < -0.3 is 11.1 Å². The Morgan fingerprint density at radius 3 is 2.85 bits per heavy atom. The number of nitrogens with one attached hydrogen (secondary N) is 1. The van der Waals surface area contributed by atoms with Crippen LogP contribution < -0.4 is 11.1 Å². The van der Waals surface area contributed by atoms with E-state index in [1.165, 1.54) is 0 Å². The quantitative estimate of drug-likeness (QED) is 0.873. The molecule has 0 radical (unpaired) electrons. The van der Waals surface area contributed by atoms with Crippen LogP contribution in [-0.2, 0) is 0 Å². The van der Waals surface area contributed by atoms with Gasteiger partial charge in [0, 0.05) is 18.1 Å². The van der Waals surface area contributed by atoms with Crippen LogP contribution in [-0.4, -0.2) is 24.0 Å². The third kappa shape index (κ3) is 2.51. The summed E-state index contributed by atoms with van der Waals surface area (Å²) >= 11 is 0. The SMILES string of the molecule is NCCC1(CNC(=O)c2nccc3ccccc23)CC1. The fourth-order valence-electron chi connectivity index (χ4n) is 2.65. The van der Waals surface area contributed by atoms with E-state index >= 15 is 0 Å². The van der Waals surface area contributed by atoms with Gasteiger partial charge in [-0.1, -0.05) is 24.3 Å². The third-order valence-corrected chi connectivity index (χ3v) is 4.14. The molecule has 0 unspecified atom stereocenters. The Hall–Kier alpha value is -1.94. The van der Waals surface area contributed by atoms with Gasteiger partial charge in [-0.15, -0.1) is 0 Å². The zero-order valence-corrected chi connectivity index (χ0v) is 11.4. The highest BCUT2D eigenvalue weighted by Gasteiger charge is 2.41. The van der Waals surface area contributed by atoms with Crippen LogP contribution in [0.3, 0.4) is 0 Å². The molecule has 0 spiro atoms. The van der Waals surface area contributed by atoms with Gasteiger partial charge in [0.1, 0.15) is 5.69 Å². The van der Waals surface area contributed by atoms with Crippen LogP contribution in [0.2, 0.25) is 0 Å². The molecule has 1 fully saturated rings. The molecular formula is C16H19N3O. The molecule has 1 aliphatic carbocycles. The molecular weight excluding hydrogens is 250 g/mol. The van der Waals surface area contributed by atoms with E-state index in [-0.39, 0.29) is 11.3 Å². The Kier molecular flexibility index (Phi) is 3.40. The molecule has 1 aliphatic rings. The number of fused-ring (bicyclic) bond motifs is 1. The smallest absolute Gasteiger partial charge is 0.270 e. The van der Waals surface area contributed by atoms with Gasteiger partial charge in [0.05, 0.1) is 0 Å². The van der Waals surface area contributed by atoms with E-state index in [1.807, 2.05) is 30.3 Å². The third-order valence-electron chi connectivity index (χ3n) is 4.14. The monoisotopic (exact) mass is 269 g/mol. The van der Waals surface area contributed by atoms with Gasteiger partial charge in [-0.25, -0.2) is 0 Å². The molecule has 20 heavy (non-hydrogen) atoms. The average molecular weight is 269 g/mol. The number of rotatable bonds is 5. The Morgan fingerprint density at radius 2 is 2.10 bits per heavy atom. The first-order chi connectivity index (χ1) is 9.74. The van der Waals surface area contributed by atoms with Crippen LogP contribution >= 0.6 is 0 Å². The fraction of sp³-hybridized carbons (Fsp3) is 0.375. The zero-order chi connectivity index (χ0) is 14.0. The maximum absolute atomic E-state index is 12.3. The highest BCUT2D eigenvalue weighted by molar-refractivity contribution is 6.05. The van der Waals surface area contributed by atoms with Gasteiger partial charge in [-0.3, -0.25) is 9.78 Å². The fourth-order valence-corrected chi connectivity index (χ4v) is 2.65. The normalized spacial score (nSPS) is 16.1. The van der Waals surface area contributed by atoms with Crippen molar-refractivity contribution in [3.63, 3.8) is 0 Å². The number of pyridine rings is 1. The van der Waals surface area contributed by atoms with Crippen LogP contribution in [0.15, 0.2) is 36.5 Å². The predicted molar refractivity (Wildman–Crippen MR) is 79.4 cm³/mol. The number of hydrogen-bond acceptors (Lipinski definition) is 3. The van der Waals surface area contributed by atoms with Gasteiger partial charge in [-0.05, 0) is 42.7 Å². The molecule has 1 heterocycles. The lowest BCUT2D eigenvalue weighted by Crippen LogP contribution is -2.31. The number of nitrogens with two attached hydrogens (primary N) is 1. The second kappa shape index (κ2) is 5.21. The predicted octanol–water partition coefficient (Wildman–Crippen LogP) is 2.09. The maximum Gasteiger partial charge on any atom is 0.270 e. The Labute approximate surface area is 118 Å². The van der Waals surface area contributed by atoms with E-state index in [0.29, 0.717) is 18.8 Å². The first-order valence-electron chi connectivity index (χ1n) is 7.06. The summed E-state index contributed by atoms with van der Waals surface area (Å²) in [4.78, 5) is 16.6. The summed E-state index contributed by atoms with van der Waals surface area (Å²) in [5.74, 6) is -0.0925. The number of benzene rings is 1. The number of carbonyl (C=O) groups is 1. The van der Waals surface area contributed by atoms with E-state index < -0.39 is 0 Å². The minimum absolute atomic E-state index is 0.0925. The first kappa shape index (κ1) is 13.1. The van der Waals surface area contributed by atoms with Crippen molar-refractivity contribution in [1.29, 1.82) is 0 Å². The van der Waals surface area contributed by atoms with Crippen molar-refractivity contribution in [1.82, 2.24) is 10.3 Å². The maximum atomic E-state index is 12.3. The van der Waals surface area contributed by atoms with Crippen molar-refractivity contribution in [2.24, 2.45) is 11.1 Å². The Morgan fingerprint density at radius 1 is 1.30 bits per heavy atom. The minimum atomic E-state index is -0.0925. The number of hydrogen-bond donors (Lipinski definition) is 2. The number of nitrogens with zero attached hydrogens (tertiary/aromatic N) is 1. The summed E-state index contributed by atoms with van der Waals surface area (Å²) < 4.78 is 0. The summed E-state index contributed by atoms with van der Waals surface area (Å²) in [5, 5.41) is 4.96. The molecule has 4 nitrogen and oxygen atoms in total. The van der Waals surface area contributed by atoms with E-state index in [2.05, 4.69) is 10.3 Å². The van der Waals surface area contributed by atoms with Crippen molar-refractivity contribution in [2.45, 2.75) is 19.3 Å². The molecule has 1 aromatic heterocycles. The van der Waals surface area contributed by atoms with Crippen LogP contribution in [0.1, 0.15) is 29.8 Å². The lowest BCUT2D eigenvalue weighted by atomic mass is 10.0. The van der Waals surface area contributed by atoms with Crippen LogP contribution in [0.25, 0.3) is 10.8 Å². The van der Waals surface area contributed by atoms with Gasteiger partial charge in [-0.2, -0.15) is 0 Å². The highest BCUT2D eigenvalue weighted by atomic mass is 16.1. The van der Waals surface area contributed by atoms with E-state index in [4.69, 9.17) is 5.73 Å². The topological polar surface area (TPSA) is 68.0 Å².